The minimum absolute atomic E-state index is 0.787. The molecule has 0 bridgehead atoms. The van der Waals surface area contributed by atoms with Crippen LogP contribution < -0.4 is 0 Å². The lowest BCUT2D eigenvalue weighted by Gasteiger charge is -2.09. The first kappa shape index (κ1) is 5.12. The Morgan fingerprint density at radius 1 is 1.00 bits per heavy atom. The second-order valence-corrected chi connectivity index (χ2v) is 2.50. The molecule has 3 aliphatic rings. The van der Waals surface area contributed by atoms with Crippen LogP contribution in [-0.4, -0.2) is 16.5 Å². The lowest BCUT2D eigenvalue weighted by atomic mass is 10.7. The number of fused-ring (bicyclic) bond motifs is 2. The Morgan fingerprint density at radius 2 is 1.55 bits per heavy atom. The highest BCUT2D eigenvalue weighted by molar-refractivity contribution is 5.19. The Morgan fingerprint density at radius 3 is 2.09 bits per heavy atom. The fourth-order valence-electron chi connectivity index (χ4n) is 1.34. The number of ether oxygens (including phenoxy) is 2. The molecule has 0 amide bonds. The van der Waals surface area contributed by atoms with Gasteiger partial charge in [0, 0.05) is 12.4 Å². The van der Waals surface area contributed by atoms with Crippen molar-refractivity contribution in [2.75, 3.05) is 6.67 Å². The smallest absolute Gasteiger partial charge is 0.263 e. The molecule has 0 aromatic rings. The van der Waals surface area contributed by atoms with Crippen LogP contribution in [0.2, 0.25) is 0 Å². The molecule has 4 heteroatoms. The van der Waals surface area contributed by atoms with Gasteiger partial charge in [0.1, 0.15) is 19.2 Å². The molecule has 0 spiro atoms. The Labute approximate surface area is 63.6 Å². The minimum atomic E-state index is 0.787. The summed E-state index contributed by atoms with van der Waals surface area (Å²) < 4.78 is 10.4. The summed E-state index contributed by atoms with van der Waals surface area (Å²) in [6.07, 6.45) is 7.08. The van der Waals surface area contributed by atoms with Gasteiger partial charge in [-0.3, -0.25) is 9.80 Å². The van der Waals surface area contributed by atoms with Crippen LogP contribution in [0, 0.1) is 0 Å². The van der Waals surface area contributed by atoms with E-state index in [9.17, 15) is 0 Å². The zero-order valence-electron chi connectivity index (χ0n) is 5.73. The van der Waals surface area contributed by atoms with Crippen molar-refractivity contribution in [1.29, 1.82) is 0 Å². The van der Waals surface area contributed by atoms with Crippen LogP contribution in [0.3, 0.4) is 0 Å². The van der Waals surface area contributed by atoms with Gasteiger partial charge in [0.2, 0.25) is 0 Å². The van der Waals surface area contributed by atoms with Crippen molar-refractivity contribution < 1.29 is 9.47 Å². The lowest BCUT2D eigenvalue weighted by Crippen LogP contribution is -2.17. The summed E-state index contributed by atoms with van der Waals surface area (Å²) in [5, 5.41) is 0. The molecular formula is C7H6N2O2. The molecule has 4 nitrogen and oxygen atoms in total. The van der Waals surface area contributed by atoms with E-state index in [1.165, 1.54) is 0 Å². The summed E-state index contributed by atoms with van der Waals surface area (Å²) in [4.78, 5) is 3.97. The predicted octanol–water partition coefficient (Wildman–Crippen LogP) is 0.691. The molecule has 0 aromatic carbocycles. The van der Waals surface area contributed by atoms with Gasteiger partial charge in [-0.25, -0.2) is 0 Å². The topological polar surface area (TPSA) is 24.9 Å². The molecule has 0 unspecified atom stereocenters. The molecule has 0 fully saturated rings. The van der Waals surface area contributed by atoms with E-state index in [4.69, 9.17) is 9.47 Å². The van der Waals surface area contributed by atoms with Gasteiger partial charge in [-0.15, -0.1) is 0 Å². The lowest BCUT2D eigenvalue weighted by molar-refractivity contribution is 0.253. The number of rotatable bonds is 0. The average Bonchev–Trinajstić information content (AvgIpc) is 2.52. The van der Waals surface area contributed by atoms with Gasteiger partial charge in [0.25, 0.3) is 11.8 Å². The second-order valence-electron chi connectivity index (χ2n) is 2.50. The molecule has 0 atom stereocenters. The van der Waals surface area contributed by atoms with Crippen molar-refractivity contribution in [3.63, 3.8) is 0 Å². The van der Waals surface area contributed by atoms with Crippen molar-refractivity contribution in [1.82, 2.24) is 9.80 Å². The monoisotopic (exact) mass is 150 g/mol. The van der Waals surface area contributed by atoms with Crippen molar-refractivity contribution in [3.05, 3.63) is 36.7 Å². The summed E-state index contributed by atoms with van der Waals surface area (Å²) in [6.45, 7) is 0.789. The third kappa shape index (κ3) is 0.497. The zero-order valence-corrected chi connectivity index (χ0v) is 5.73. The van der Waals surface area contributed by atoms with Crippen molar-refractivity contribution in [2.24, 2.45) is 0 Å². The first-order chi connectivity index (χ1) is 5.45. The molecule has 0 N–H and O–H groups in total. The summed E-state index contributed by atoms with van der Waals surface area (Å²) in [5.74, 6) is 1.57. The fourth-order valence-corrected chi connectivity index (χ4v) is 1.34. The number of nitrogens with zero attached hydrogens (tertiary/aromatic N) is 2. The van der Waals surface area contributed by atoms with Crippen LogP contribution in [0.5, 0.6) is 0 Å². The van der Waals surface area contributed by atoms with E-state index in [-0.39, 0.29) is 0 Å². The first-order valence-corrected chi connectivity index (χ1v) is 3.39. The van der Waals surface area contributed by atoms with Crippen LogP contribution in [0.15, 0.2) is 36.7 Å². The Kier molecular flexibility index (Phi) is 0.711. The molecule has 0 saturated heterocycles. The Bertz CT molecular complexity index is 265. The van der Waals surface area contributed by atoms with Gasteiger partial charge in [-0.1, -0.05) is 0 Å². The van der Waals surface area contributed by atoms with Gasteiger partial charge in [0.05, 0.1) is 0 Å². The average molecular weight is 150 g/mol. The highest BCUT2D eigenvalue weighted by Gasteiger charge is 2.34. The summed E-state index contributed by atoms with van der Waals surface area (Å²) in [6, 6.07) is 0. The van der Waals surface area contributed by atoms with E-state index in [0.717, 1.165) is 18.4 Å². The van der Waals surface area contributed by atoms with Crippen LogP contribution in [-0.2, 0) is 9.47 Å². The standard InChI is InChI=1S/C7H6N2O2/c1-3-10-6-7-9(2-4-11-7)5-8(1)6/h1-4H,5H2. The molecule has 0 aliphatic carbocycles. The van der Waals surface area contributed by atoms with Gasteiger partial charge in [0.15, 0.2) is 0 Å². The van der Waals surface area contributed by atoms with E-state index < -0.39 is 0 Å². The Balaban J connectivity index is 2.06. The summed E-state index contributed by atoms with van der Waals surface area (Å²) >= 11 is 0. The molecule has 3 heterocycles. The molecule has 0 aromatic heterocycles. The van der Waals surface area contributed by atoms with E-state index in [2.05, 4.69) is 0 Å². The predicted molar refractivity (Wildman–Crippen MR) is 36.0 cm³/mol. The maximum absolute atomic E-state index is 5.21. The molecule has 3 aliphatic heterocycles. The molecule has 11 heavy (non-hydrogen) atoms. The van der Waals surface area contributed by atoms with Gasteiger partial charge >= 0.3 is 0 Å². The van der Waals surface area contributed by atoms with E-state index >= 15 is 0 Å². The van der Waals surface area contributed by atoms with Crippen molar-refractivity contribution in [3.8, 4) is 0 Å². The highest BCUT2D eigenvalue weighted by Crippen LogP contribution is 2.32. The molecule has 56 valence electrons. The van der Waals surface area contributed by atoms with Crippen molar-refractivity contribution in [2.45, 2.75) is 0 Å². The quantitative estimate of drug-likeness (QED) is 0.507. The third-order valence-corrected chi connectivity index (χ3v) is 1.85. The molecule has 0 saturated carbocycles. The number of hydrogen-bond acceptors (Lipinski definition) is 4. The van der Waals surface area contributed by atoms with Crippen molar-refractivity contribution >= 4 is 0 Å². The molecular weight excluding hydrogens is 144 g/mol. The highest BCUT2D eigenvalue weighted by atomic mass is 16.5. The van der Waals surface area contributed by atoms with Gasteiger partial charge in [-0.05, 0) is 0 Å². The third-order valence-electron chi connectivity index (χ3n) is 1.85. The SMILES string of the molecule is C1=CN2CN3C=COC3=C2O1. The summed E-state index contributed by atoms with van der Waals surface area (Å²) in [5.41, 5.74) is 0. The van der Waals surface area contributed by atoms with E-state index in [0.29, 0.717) is 0 Å². The van der Waals surface area contributed by atoms with Crippen LogP contribution in [0.4, 0.5) is 0 Å². The van der Waals surface area contributed by atoms with Gasteiger partial charge in [-0.2, -0.15) is 0 Å². The minimum Gasteiger partial charge on any atom is -0.442 e. The van der Waals surface area contributed by atoms with Crippen LogP contribution >= 0.6 is 0 Å². The van der Waals surface area contributed by atoms with E-state index in [1.54, 1.807) is 12.5 Å². The van der Waals surface area contributed by atoms with Crippen LogP contribution in [0.25, 0.3) is 0 Å². The molecule has 0 radical (unpaired) electrons. The van der Waals surface area contributed by atoms with E-state index in [1.807, 2.05) is 22.2 Å². The van der Waals surface area contributed by atoms with Crippen LogP contribution in [0.1, 0.15) is 0 Å². The zero-order chi connectivity index (χ0) is 7.26. The summed E-state index contributed by atoms with van der Waals surface area (Å²) in [7, 11) is 0. The largest absolute Gasteiger partial charge is 0.442 e. The number of hydrogen-bond donors (Lipinski definition) is 0. The van der Waals surface area contributed by atoms with Gasteiger partial charge < -0.3 is 9.47 Å². The normalized spacial score (nSPS) is 24.0. The first-order valence-electron chi connectivity index (χ1n) is 3.39. The maximum Gasteiger partial charge on any atom is 0.263 e. The second kappa shape index (κ2) is 1.53. The maximum atomic E-state index is 5.21. The molecule has 3 rings (SSSR count). The fraction of sp³-hybridized carbons (Fsp3) is 0.143. The Hall–Kier alpha value is -1.58.